The van der Waals surface area contributed by atoms with Crippen LogP contribution in [-0.2, 0) is 0 Å². The number of hydrogen-bond acceptors (Lipinski definition) is 4. The fraction of sp³-hybridized carbons (Fsp3) is 0.154. The Labute approximate surface area is 115 Å². The Morgan fingerprint density at radius 3 is 2.68 bits per heavy atom. The second kappa shape index (κ2) is 6.36. The lowest BCUT2D eigenvalue weighted by Crippen LogP contribution is -2.10. The van der Waals surface area contributed by atoms with Crippen molar-refractivity contribution in [2.24, 2.45) is 5.73 Å². The van der Waals surface area contributed by atoms with E-state index in [4.69, 9.17) is 22.1 Å². The van der Waals surface area contributed by atoms with E-state index in [-0.39, 0.29) is 10.8 Å². The van der Waals surface area contributed by atoms with Gasteiger partial charge in [-0.05, 0) is 30.3 Å². The van der Waals surface area contributed by atoms with E-state index in [0.29, 0.717) is 24.6 Å². The molecule has 0 amide bonds. The summed E-state index contributed by atoms with van der Waals surface area (Å²) in [6.07, 6.45) is 1.38. The quantitative estimate of drug-likeness (QED) is 0.884. The number of halogens is 2. The Bertz CT molecular complexity index is 548. The molecular weight excluding hydrogens is 269 g/mol. The molecule has 0 aliphatic rings. The van der Waals surface area contributed by atoms with Crippen LogP contribution < -0.4 is 15.8 Å². The number of hydrogen-bond donors (Lipinski definition) is 2. The highest BCUT2D eigenvalue weighted by Crippen LogP contribution is 2.22. The molecule has 100 valence electrons. The first-order valence-electron chi connectivity index (χ1n) is 5.70. The standard InChI is InChI=1S/C13H13ClFN3O/c14-9-7-12(15)13(17-8-9)18-10-1-3-11(4-2-10)19-6-5-16/h1-4,7-8H,5-6,16H2,(H,17,18). The van der Waals surface area contributed by atoms with Crippen LogP contribution in [0.4, 0.5) is 15.9 Å². The number of ether oxygens (including phenoxy) is 1. The number of anilines is 2. The minimum atomic E-state index is -0.504. The van der Waals surface area contributed by atoms with Crippen LogP contribution in [0.3, 0.4) is 0 Å². The van der Waals surface area contributed by atoms with Crippen LogP contribution in [0.25, 0.3) is 0 Å². The average molecular weight is 282 g/mol. The first-order chi connectivity index (χ1) is 9.19. The maximum Gasteiger partial charge on any atom is 0.167 e. The molecule has 0 atom stereocenters. The van der Waals surface area contributed by atoms with Crippen LogP contribution >= 0.6 is 11.6 Å². The molecule has 1 aromatic heterocycles. The van der Waals surface area contributed by atoms with Gasteiger partial charge in [0, 0.05) is 18.4 Å². The zero-order valence-corrected chi connectivity index (χ0v) is 10.8. The summed E-state index contributed by atoms with van der Waals surface area (Å²) in [5.41, 5.74) is 6.04. The summed E-state index contributed by atoms with van der Waals surface area (Å²) in [6, 6.07) is 8.27. The third-order valence-corrected chi connectivity index (χ3v) is 2.52. The maximum absolute atomic E-state index is 13.5. The first-order valence-corrected chi connectivity index (χ1v) is 6.08. The number of aromatic nitrogens is 1. The monoisotopic (exact) mass is 281 g/mol. The first kappa shape index (κ1) is 13.6. The van der Waals surface area contributed by atoms with E-state index in [1.165, 1.54) is 12.3 Å². The summed E-state index contributed by atoms with van der Waals surface area (Å²) in [7, 11) is 0. The van der Waals surface area contributed by atoms with Crippen LogP contribution in [0.2, 0.25) is 5.02 Å². The molecule has 0 spiro atoms. The van der Waals surface area contributed by atoms with Gasteiger partial charge in [0.05, 0.1) is 5.02 Å². The third kappa shape index (κ3) is 3.81. The fourth-order valence-corrected chi connectivity index (χ4v) is 1.60. The molecule has 0 aliphatic heterocycles. The van der Waals surface area contributed by atoms with Gasteiger partial charge in [0.15, 0.2) is 11.6 Å². The molecule has 2 rings (SSSR count). The van der Waals surface area contributed by atoms with Gasteiger partial charge in [-0.3, -0.25) is 0 Å². The van der Waals surface area contributed by atoms with Gasteiger partial charge in [-0.2, -0.15) is 0 Å². The Hall–Kier alpha value is -1.85. The lowest BCUT2D eigenvalue weighted by atomic mass is 10.3. The number of nitrogens with zero attached hydrogens (tertiary/aromatic N) is 1. The van der Waals surface area contributed by atoms with Crippen LogP contribution in [0.15, 0.2) is 36.5 Å². The van der Waals surface area contributed by atoms with Gasteiger partial charge in [0.1, 0.15) is 12.4 Å². The van der Waals surface area contributed by atoms with Gasteiger partial charge in [0.25, 0.3) is 0 Å². The summed E-state index contributed by atoms with van der Waals surface area (Å²) < 4.78 is 18.9. The Balaban J connectivity index is 2.06. The molecule has 0 unspecified atom stereocenters. The highest BCUT2D eigenvalue weighted by molar-refractivity contribution is 6.30. The number of pyridine rings is 1. The molecular formula is C13H13ClFN3O. The second-order valence-corrected chi connectivity index (χ2v) is 4.21. The zero-order valence-electron chi connectivity index (χ0n) is 10.1. The Morgan fingerprint density at radius 1 is 1.32 bits per heavy atom. The van der Waals surface area contributed by atoms with Crippen molar-refractivity contribution in [1.29, 1.82) is 0 Å². The maximum atomic E-state index is 13.5. The number of benzene rings is 1. The smallest absolute Gasteiger partial charge is 0.167 e. The van der Waals surface area contributed by atoms with Gasteiger partial charge in [-0.25, -0.2) is 9.37 Å². The van der Waals surface area contributed by atoms with Crippen LogP contribution in [0, 0.1) is 5.82 Å². The summed E-state index contributed by atoms with van der Waals surface area (Å²) >= 11 is 5.63. The topological polar surface area (TPSA) is 60.2 Å². The molecule has 0 radical (unpaired) electrons. The van der Waals surface area contributed by atoms with Crippen molar-refractivity contribution in [2.75, 3.05) is 18.5 Å². The van der Waals surface area contributed by atoms with Gasteiger partial charge < -0.3 is 15.8 Å². The minimum Gasteiger partial charge on any atom is -0.492 e. The van der Waals surface area contributed by atoms with Gasteiger partial charge >= 0.3 is 0 Å². The number of nitrogens with one attached hydrogen (secondary N) is 1. The highest BCUT2D eigenvalue weighted by Gasteiger charge is 2.05. The van der Waals surface area contributed by atoms with Crippen molar-refractivity contribution in [3.8, 4) is 5.75 Å². The molecule has 0 saturated heterocycles. The van der Waals surface area contributed by atoms with E-state index in [0.717, 1.165) is 0 Å². The predicted octanol–water partition coefficient (Wildman–Crippen LogP) is 2.96. The summed E-state index contributed by atoms with van der Waals surface area (Å²) in [6.45, 7) is 0.917. The molecule has 1 heterocycles. The van der Waals surface area contributed by atoms with Crippen molar-refractivity contribution < 1.29 is 9.13 Å². The van der Waals surface area contributed by atoms with Crippen molar-refractivity contribution >= 4 is 23.1 Å². The average Bonchev–Trinajstić information content (AvgIpc) is 2.41. The SMILES string of the molecule is NCCOc1ccc(Nc2ncc(Cl)cc2F)cc1. The van der Waals surface area contributed by atoms with Crippen molar-refractivity contribution in [3.05, 3.63) is 47.4 Å². The van der Waals surface area contributed by atoms with Crippen LogP contribution in [-0.4, -0.2) is 18.1 Å². The van der Waals surface area contributed by atoms with Crippen LogP contribution in [0.5, 0.6) is 5.75 Å². The Morgan fingerprint density at radius 2 is 2.05 bits per heavy atom. The van der Waals surface area contributed by atoms with Gasteiger partial charge in [0.2, 0.25) is 0 Å². The van der Waals surface area contributed by atoms with Gasteiger partial charge in [-0.15, -0.1) is 0 Å². The molecule has 4 nitrogen and oxygen atoms in total. The van der Waals surface area contributed by atoms with E-state index in [1.807, 2.05) is 0 Å². The normalized spacial score (nSPS) is 10.3. The molecule has 3 N–H and O–H groups in total. The van der Waals surface area contributed by atoms with E-state index in [2.05, 4.69) is 10.3 Å². The predicted molar refractivity (Wildman–Crippen MR) is 73.5 cm³/mol. The van der Waals surface area contributed by atoms with Crippen LogP contribution in [0.1, 0.15) is 0 Å². The molecule has 19 heavy (non-hydrogen) atoms. The Kier molecular flexibility index (Phi) is 4.54. The summed E-state index contributed by atoms with van der Waals surface area (Å²) in [5.74, 6) is 0.330. The molecule has 0 saturated carbocycles. The zero-order chi connectivity index (χ0) is 13.7. The summed E-state index contributed by atoms with van der Waals surface area (Å²) in [4.78, 5) is 3.88. The molecule has 0 aliphatic carbocycles. The lowest BCUT2D eigenvalue weighted by molar-refractivity contribution is 0.328. The fourth-order valence-electron chi connectivity index (χ4n) is 1.45. The molecule has 0 bridgehead atoms. The third-order valence-electron chi connectivity index (χ3n) is 2.31. The summed E-state index contributed by atoms with van der Waals surface area (Å²) in [5, 5.41) is 3.12. The second-order valence-electron chi connectivity index (χ2n) is 3.77. The number of nitrogens with two attached hydrogens (primary N) is 1. The van der Waals surface area contributed by atoms with Crippen molar-refractivity contribution in [1.82, 2.24) is 4.98 Å². The van der Waals surface area contributed by atoms with E-state index in [9.17, 15) is 4.39 Å². The number of rotatable bonds is 5. The molecule has 1 aromatic carbocycles. The van der Waals surface area contributed by atoms with E-state index < -0.39 is 5.82 Å². The van der Waals surface area contributed by atoms with Gasteiger partial charge in [-0.1, -0.05) is 11.6 Å². The highest BCUT2D eigenvalue weighted by atomic mass is 35.5. The minimum absolute atomic E-state index is 0.125. The molecule has 2 aromatic rings. The molecule has 6 heteroatoms. The lowest BCUT2D eigenvalue weighted by Gasteiger charge is -2.08. The van der Waals surface area contributed by atoms with Crippen molar-refractivity contribution in [3.63, 3.8) is 0 Å². The van der Waals surface area contributed by atoms with Crippen molar-refractivity contribution in [2.45, 2.75) is 0 Å². The largest absolute Gasteiger partial charge is 0.492 e. The molecule has 0 fully saturated rings. The van der Waals surface area contributed by atoms with E-state index >= 15 is 0 Å². The van der Waals surface area contributed by atoms with E-state index in [1.54, 1.807) is 24.3 Å².